The van der Waals surface area contributed by atoms with Gasteiger partial charge in [0.05, 0.1) is 12.2 Å². The van der Waals surface area contributed by atoms with Crippen LogP contribution in [0.1, 0.15) is 22.3 Å². The molecule has 118 valence electrons. The average molecular weight is 329 g/mol. The Bertz CT molecular complexity index is 730. The van der Waals surface area contributed by atoms with Crippen LogP contribution in [0.2, 0.25) is 0 Å². The molecule has 23 heavy (non-hydrogen) atoms. The standard InChI is InChI=1S/C17H15NO4S/c1-11-4-6-12(7-5-11)23-15-13(3-2-9-18-15)16(19)22-14-8-10-21-17(14)20/h2-7,9,14H,8,10H2,1H3. The maximum Gasteiger partial charge on any atom is 0.347 e. The number of pyridine rings is 1. The zero-order valence-electron chi connectivity index (χ0n) is 12.5. The van der Waals surface area contributed by atoms with Crippen molar-refractivity contribution in [3.8, 4) is 0 Å². The monoisotopic (exact) mass is 329 g/mol. The number of carbonyl (C=O) groups is 2. The summed E-state index contributed by atoms with van der Waals surface area (Å²) in [5.41, 5.74) is 1.51. The summed E-state index contributed by atoms with van der Waals surface area (Å²) in [6.07, 6.45) is 1.20. The molecule has 2 heterocycles. The maximum atomic E-state index is 12.3. The van der Waals surface area contributed by atoms with Gasteiger partial charge in [-0.2, -0.15) is 0 Å². The van der Waals surface area contributed by atoms with Crippen LogP contribution in [-0.2, 0) is 14.3 Å². The number of cyclic esters (lactones) is 1. The number of aryl methyl sites for hydroxylation is 1. The van der Waals surface area contributed by atoms with E-state index in [0.29, 0.717) is 17.0 Å². The molecule has 0 radical (unpaired) electrons. The fourth-order valence-corrected chi connectivity index (χ4v) is 2.99. The van der Waals surface area contributed by atoms with Crippen LogP contribution in [-0.4, -0.2) is 29.6 Å². The molecule has 0 spiro atoms. The number of hydrogen-bond acceptors (Lipinski definition) is 6. The van der Waals surface area contributed by atoms with Gasteiger partial charge < -0.3 is 9.47 Å². The zero-order valence-corrected chi connectivity index (χ0v) is 13.3. The molecule has 1 aliphatic heterocycles. The SMILES string of the molecule is Cc1ccc(Sc2ncccc2C(=O)OC2CCOC2=O)cc1. The number of esters is 2. The summed E-state index contributed by atoms with van der Waals surface area (Å²) >= 11 is 1.38. The minimum atomic E-state index is -0.820. The second-order valence-electron chi connectivity index (χ2n) is 5.12. The molecule has 6 heteroatoms. The number of ether oxygens (including phenoxy) is 2. The molecule has 1 aromatic heterocycles. The van der Waals surface area contributed by atoms with Crippen LogP contribution in [0, 0.1) is 6.92 Å². The fraction of sp³-hybridized carbons (Fsp3) is 0.235. The van der Waals surface area contributed by atoms with E-state index >= 15 is 0 Å². The van der Waals surface area contributed by atoms with Crippen LogP contribution in [0.4, 0.5) is 0 Å². The molecule has 1 unspecified atom stereocenters. The molecule has 0 amide bonds. The van der Waals surface area contributed by atoms with E-state index in [4.69, 9.17) is 9.47 Å². The summed E-state index contributed by atoms with van der Waals surface area (Å²) < 4.78 is 10.0. The molecular formula is C17H15NO4S. The summed E-state index contributed by atoms with van der Waals surface area (Å²) in [6.45, 7) is 2.30. The predicted octanol–water partition coefficient (Wildman–Crippen LogP) is 3.01. The Hall–Kier alpha value is -2.34. The van der Waals surface area contributed by atoms with Gasteiger partial charge >= 0.3 is 11.9 Å². The van der Waals surface area contributed by atoms with Gasteiger partial charge in [-0.1, -0.05) is 29.5 Å². The smallest absolute Gasteiger partial charge is 0.347 e. The molecule has 0 aliphatic carbocycles. The number of nitrogens with zero attached hydrogens (tertiary/aromatic N) is 1. The van der Waals surface area contributed by atoms with Crippen molar-refractivity contribution < 1.29 is 19.1 Å². The van der Waals surface area contributed by atoms with Crippen molar-refractivity contribution in [1.82, 2.24) is 4.98 Å². The second-order valence-corrected chi connectivity index (χ2v) is 6.18. The summed E-state index contributed by atoms with van der Waals surface area (Å²) in [6, 6.07) is 11.3. The maximum absolute atomic E-state index is 12.3. The first-order valence-electron chi connectivity index (χ1n) is 7.20. The lowest BCUT2D eigenvalue weighted by Gasteiger charge is -2.11. The van der Waals surface area contributed by atoms with Gasteiger partial charge in [-0.05, 0) is 31.2 Å². The summed E-state index contributed by atoms with van der Waals surface area (Å²) in [7, 11) is 0. The van der Waals surface area contributed by atoms with E-state index in [-0.39, 0.29) is 6.61 Å². The number of benzene rings is 1. The Balaban J connectivity index is 1.78. The number of hydrogen-bond donors (Lipinski definition) is 0. The Morgan fingerprint density at radius 1 is 1.30 bits per heavy atom. The Morgan fingerprint density at radius 2 is 2.09 bits per heavy atom. The molecule has 0 saturated carbocycles. The number of aromatic nitrogens is 1. The van der Waals surface area contributed by atoms with Crippen LogP contribution in [0.25, 0.3) is 0 Å². The van der Waals surface area contributed by atoms with E-state index in [1.54, 1.807) is 18.3 Å². The van der Waals surface area contributed by atoms with Gasteiger partial charge in [-0.3, -0.25) is 0 Å². The highest BCUT2D eigenvalue weighted by Gasteiger charge is 2.31. The molecule has 1 fully saturated rings. The van der Waals surface area contributed by atoms with E-state index < -0.39 is 18.0 Å². The van der Waals surface area contributed by atoms with E-state index in [2.05, 4.69) is 4.98 Å². The normalized spacial score (nSPS) is 16.9. The van der Waals surface area contributed by atoms with Gasteiger partial charge in [0.25, 0.3) is 0 Å². The lowest BCUT2D eigenvalue weighted by molar-refractivity contribution is -0.145. The average Bonchev–Trinajstić information content (AvgIpc) is 2.95. The minimum absolute atomic E-state index is 0.287. The van der Waals surface area contributed by atoms with Crippen LogP contribution in [0.5, 0.6) is 0 Å². The molecule has 1 atom stereocenters. The van der Waals surface area contributed by atoms with E-state index in [0.717, 1.165) is 10.5 Å². The van der Waals surface area contributed by atoms with Gasteiger partial charge in [0.2, 0.25) is 6.10 Å². The van der Waals surface area contributed by atoms with E-state index in [1.165, 1.54) is 11.8 Å². The van der Waals surface area contributed by atoms with Crippen molar-refractivity contribution >= 4 is 23.7 Å². The van der Waals surface area contributed by atoms with Gasteiger partial charge in [0.15, 0.2) is 0 Å². The molecule has 1 aliphatic rings. The summed E-state index contributed by atoms with van der Waals surface area (Å²) in [4.78, 5) is 29.0. The Morgan fingerprint density at radius 3 is 2.78 bits per heavy atom. The van der Waals surface area contributed by atoms with Crippen LogP contribution in [0.15, 0.2) is 52.5 Å². The lowest BCUT2D eigenvalue weighted by Crippen LogP contribution is -2.23. The molecule has 2 aromatic rings. The number of carbonyl (C=O) groups excluding carboxylic acids is 2. The lowest BCUT2D eigenvalue weighted by atomic mass is 10.2. The van der Waals surface area contributed by atoms with Gasteiger partial charge in [-0.15, -0.1) is 0 Å². The zero-order chi connectivity index (χ0) is 16.2. The van der Waals surface area contributed by atoms with Gasteiger partial charge in [0, 0.05) is 17.5 Å². The molecule has 0 bridgehead atoms. The van der Waals surface area contributed by atoms with Crippen molar-refractivity contribution in [2.75, 3.05) is 6.61 Å². The van der Waals surface area contributed by atoms with E-state index in [9.17, 15) is 9.59 Å². The molecule has 0 N–H and O–H groups in total. The fourth-order valence-electron chi connectivity index (χ4n) is 2.12. The van der Waals surface area contributed by atoms with E-state index in [1.807, 2.05) is 31.2 Å². The van der Waals surface area contributed by atoms with Gasteiger partial charge in [0.1, 0.15) is 5.03 Å². The first kappa shape index (κ1) is 15.6. The third-order valence-electron chi connectivity index (χ3n) is 3.36. The molecular weight excluding hydrogens is 314 g/mol. The topological polar surface area (TPSA) is 65.5 Å². The third-order valence-corrected chi connectivity index (χ3v) is 4.39. The summed E-state index contributed by atoms with van der Waals surface area (Å²) in [5, 5.41) is 0.549. The first-order chi connectivity index (χ1) is 11.1. The second kappa shape index (κ2) is 6.83. The minimum Gasteiger partial charge on any atom is -0.463 e. The molecule has 1 saturated heterocycles. The highest BCUT2D eigenvalue weighted by atomic mass is 32.2. The Labute approximate surface area is 138 Å². The van der Waals surface area contributed by atoms with Crippen molar-refractivity contribution in [2.45, 2.75) is 29.4 Å². The quantitative estimate of drug-likeness (QED) is 0.803. The van der Waals surface area contributed by atoms with Crippen molar-refractivity contribution in [2.24, 2.45) is 0 Å². The predicted molar refractivity (Wildman–Crippen MR) is 84.3 cm³/mol. The van der Waals surface area contributed by atoms with Crippen molar-refractivity contribution in [3.63, 3.8) is 0 Å². The van der Waals surface area contributed by atoms with Crippen LogP contribution >= 0.6 is 11.8 Å². The Kier molecular flexibility index (Phi) is 4.62. The highest BCUT2D eigenvalue weighted by molar-refractivity contribution is 7.99. The highest BCUT2D eigenvalue weighted by Crippen LogP contribution is 2.29. The largest absolute Gasteiger partial charge is 0.463 e. The first-order valence-corrected chi connectivity index (χ1v) is 8.02. The van der Waals surface area contributed by atoms with Crippen molar-refractivity contribution in [3.05, 3.63) is 53.7 Å². The van der Waals surface area contributed by atoms with Crippen molar-refractivity contribution in [1.29, 1.82) is 0 Å². The summed E-state index contributed by atoms with van der Waals surface area (Å²) in [5.74, 6) is -1.05. The van der Waals surface area contributed by atoms with Gasteiger partial charge in [-0.25, -0.2) is 14.6 Å². The third kappa shape index (κ3) is 3.71. The molecule has 3 rings (SSSR count). The number of rotatable bonds is 4. The van der Waals surface area contributed by atoms with Crippen LogP contribution in [0.3, 0.4) is 0 Å². The molecule has 1 aromatic carbocycles. The molecule has 5 nitrogen and oxygen atoms in total. The van der Waals surface area contributed by atoms with Crippen LogP contribution < -0.4 is 0 Å².